The van der Waals surface area contributed by atoms with Crippen molar-refractivity contribution in [3.63, 3.8) is 0 Å². The molecule has 0 N–H and O–H groups in total. The highest BCUT2D eigenvalue weighted by Crippen LogP contribution is 2.57. The topological polar surface area (TPSA) is 0 Å². The van der Waals surface area contributed by atoms with Crippen LogP contribution in [0.3, 0.4) is 0 Å². The summed E-state index contributed by atoms with van der Waals surface area (Å²) in [6.07, 6.45) is 65.8. The molecule has 15 unspecified atom stereocenters. The molecule has 19 aliphatic carbocycles. The van der Waals surface area contributed by atoms with Crippen LogP contribution in [0.15, 0.2) is 117 Å². The molecule has 15 atom stereocenters. The summed E-state index contributed by atoms with van der Waals surface area (Å²) in [6, 6.07) is 1.54. The molecule has 14 fully saturated rings. The Balaban J connectivity index is 0.000000283. The number of hydrogen-bond acceptors (Lipinski definition) is 0. The molecule has 0 nitrogen and oxygen atoms in total. The molecule has 0 radical (unpaired) electrons. The maximum atomic E-state index is 2.70. The van der Waals surface area contributed by atoms with Gasteiger partial charge in [-0.25, -0.2) is 0 Å². The van der Waals surface area contributed by atoms with E-state index in [9.17, 15) is 0 Å². The monoisotopic (exact) mass is 2050 g/mol. The highest BCUT2D eigenvalue weighted by molar-refractivity contribution is 6.76. The fraction of sp³-hybridized carbons (Fsp3) is 0.863. The van der Waals surface area contributed by atoms with E-state index in [1.807, 2.05) is 0 Å². The van der Waals surface area contributed by atoms with Crippen molar-refractivity contribution in [3.05, 3.63) is 117 Å². The molecule has 0 aromatic rings. The molecule has 147 heavy (non-hydrogen) atoms. The van der Waals surface area contributed by atoms with Crippen molar-refractivity contribution in [2.45, 2.75) is 525 Å². The zero-order valence-electron chi connectivity index (χ0n) is 109. The van der Waals surface area contributed by atoms with Gasteiger partial charge >= 0.3 is 0 Å². The Hall–Kier alpha value is -2.38. The van der Waals surface area contributed by atoms with Crippen LogP contribution >= 0.6 is 0 Å². The molecule has 19 rings (SSSR count). The van der Waals surface area contributed by atoms with Crippen LogP contribution in [0.5, 0.6) is 0 Å². The van der Waals surface area contributed by atoms with Crippen molar-refractivity contribution in [1.29, 1.82) is 0 Å². The Morgan fingerprint density at radius 2 is 0.395 bits per heavy atom. The third-order valence-corrected chi connectivity index (χ3v) is 44.9. The predicted octanol–water partition coefficient (Wildman–Crippen LogP) is 47.0. The van der Waals surface area contributed by atoms with Gasteiger partial charge in [-0.1, -0.05) is 438 Å². The van der Waals surface area contributed by atoms with Gasteiger partial charge in [0.2, 0.25) is 0 Å². The van der Waals surface area contributed by atoms with Crippen LogP contribution in [0.25, 0.3) is 0 Å². The average molecular weight is 2050 g/mol. The maximum absolute atomic E-state index is 2.70. The summed E-state index contributed by atoms with van der Waals surface area (Å²) in [5.41, 5.74) is 14.7. The molecule has 0 aromatic carbocycles. The van der Waals surface area contributed by atoms with Gasteiger partial charge in [-0.05, 0) is 488 Å². The largest absolute Gasteiger partial charge is 0.0808 e. The van der Waals surface area contributed by atoms with Crippen molar-refractivity contribution in [2.24, 2.45) is 283 Å². The van der Waals surface area contributed by atoms with E-state index in [2.05, 4.69) is 432 Å². The van der Waals surface area contributed by atoms with E-state index in [0.717, 1.165) is 272 Å². The summed E-state index contributed by atoms with van der Waals surface area (Å²) >= 11 is 0. The summed E-state index contributed by atoms with van der Waals surface area (Å²) in [6.45, 7) is 122. The summed E-state index contributed by atoms with van der Waals surface area (Å²) in [5, 5.41) is 0. The molecule has 0 saturated heterocycles. The van der Waals surface area contributed by atoms with Gasteiger partial charge in [0.05, 0.1) is 0 Å². The third-order valence-electron chi connectivity index (χ3n) is 43.1. The van der Waals surface area contributed by atoms with E-state index in [1.54, 1.807) is 50.6 Å². The number of allylic oxidation sites excluding steroid dienone is 20. The van der Waals surface area contributed by atoms with Crippen molar-refractivity contribution in [2.75, 3.05) is 0 Å². The number of hydrogen-bond donors (Lipinski definition) is 0. The number of fused-ring (bicyclic) bond motifs is 9. The molecule has 0 spiro atoms. The fourth-order valence-corrected chi connectivity index (χ4v) is 33.2. The van der Waals surface area contributed by atoms with Gasteiger partial charge in [0.15, 0.2) is 0 Å². The molecule has 0 aliphatic heterocycles. The van der Waals surface area contributed by atoms with Crippen LogP contribution in [0.1, 0.15) is 500 Å². The van der Waals surface area contributed by atoms with Crippen LogP contribution < -0.4 is 0 Å². The highest BCUT2D eigenvalue weighted by atomic mass is 28.3. The van der Waals surface area contributed by atoms with Crippen molar-refractivity contribution >= 4 is 8.07 Å². The molecule has 0 aromatic heterocycles. The minimum Gasteiger partial charge on any atom is -0.0808 e. The van der Waals surface area contributed by atoms with Crippen LogP contribution in [0, 0.1) is 283 Å². The van der Waals surface area contributed by atoms with E-state index in [-0.39, 0.29) is 0 Å². The van der Waals surface area contributed by atoms with Gasteiger partial charge in [-0.15, -0.1) is 0 Å². The lowest BCUT2D eigenvalue weighted by atomic mass is 9.75. The van der Waals surface area contributed by atoms with Crippen molar-refractivity contribution in [3.8, 4) is 0 Å². The first-order chi connectivity index (χ1) is 68.1. The minimum atomic E-state index is -0.882. The van der Waals surface area contributed by atoms with Crippen LogP contribution in [-0.2, 0) is 0 Å². The minimum absolute atomic E-state index is 0.498. The SMILES string of the molecule is CC(C)(C)CC1CCC2C=C3CCCC3=CC21.CC(C)(C)CC1CCC2C=C3CCCC3=CC21.CC(C)C.CC(C)C.CC(C)C.CC(C)C.CC(C)C.CC(C)CC1CCC2C=C3CCCC3=CC21.CC1C(C)C(C)C(C)C1C.CC1C(C)C(C)C(C)C1C.CC1C(C)C(C)C(C)C1C.CC1C(C)C(C)C(C)C1C.CC1C(C)C(C)C(C)C1C.CC1CCC2C=CC=CC12.C[Si](C)(C)CC1CCC2C=C3CCCC3=CC21. The summed E-state index contributed by atoms with van der Waals surface area (Å²) < 4.78 is 0. The van der Waals surface area contributed by atoms with Gasteiger partial charge in [-0.2, -0.15) is 0 Å². The Kier molecular flexibility index (Phi) is 57.7. The van der Waals surface area contributed by atoms with Gasteiger partial charge in [0, 0.05) is 8.07 Å². The van der Waals surface area contributed by atoms with E-state index in [0.29, 0.717) is 10.8 Å². The Morgan fingerprint density at radius 1 is 0.218 bits per heavy atom. The molecule has 14 saturated carbocycles. The first-order valence-electron chi connectivity index (χ1n) is 65.1. The molecular formula is C146H266Si. The molecule has 0 heterocycles. The van der Waals surface area contributed by atoms with E-state index < -0.39 is 8.07 Å². The first-order valence-corrected chi connectivity index (χ1v) is 68.9. The molecule has 0 amide bonds. The van der Waals surface area contributed by atoms with Crippen LogP contribution in [0.4, 0.5) is 0 Å². The van der Waals surface area contributed by atoms with Crippen LogP contribution in [0.2, 0.25) is 25.7 Å². The lowest BCUT2D eigenvalue weighted by Gasteiger charge is -2.30. The first kappa shape index (κ1) is 135. The third kappa shape index (κ3) is 42.4. The van der Waals surface area contributed by atoms with Crippen molar-refractivity contribution < 1.29 is 0 Å². The van der Waals surface area contributed by atoms with E-state index in [4.69, 9.17) is 0 Å². The zero-order valence-corrected chi connectivity index (χ0v) is 110. The maximum Gasteiger partial charge on any atom is 0.0445 e. The lowest BCUT2D eigenvalue weighted by molar-refractivity contribution is 0.261. The smallest absolute Gasteiger partial charge is 0.0445 e. The summed E-state index contributed by atoms with van der Waals surface area (Å²) in [5.74, 6) is 42.1. The van der Waals surface area contributed by atoms with Gasteiger partial charge in [-0.3, -0.25) is 0 Å². The molecule has 19 aliphatic rings. The van der Waals surface area contributed by atoms with Crippen LogP contribution in [-0.4, -0.2) is 8.07 Å². The summed E-state index contributed by atoms with van der Waals surface area (Å²) in [7, 11) is -0.882. The molecule has 0 bridgehead atoms. The second kappa shape index (κ2) is 62.8. The van der Waals surface area contributed by atoms with Gasteiger partial charge < -0.3 is 0 Å². The molecular weight excluding hydrogens is 1780 g/mol. The molecule has 1 heteroatoms. The Labute approximate surface area is 927 Å². The highest BCUT2D eigenvalue weighted by Gasteiger charge is 2.47. The fourth-order valence-electron chi connectivity index (χ4n) is 31.2. The zero-order chi connectivity index (χ0) is 112. The summed E-state index contributed by atoms with van der Waals surface area (Å²) in [4.78, 5) is 0. The normalized spacial score (nSPS) is 39.7. The molecule has 854 valence electrons. The van der Waals surface area contributed by atoms with E-state index >= 15 is 0 Å². The van der Waals surface area contributed by atoms with Crippen molar-refractivity contribution in [1.82, 2.24) is 0 Å². The standard InChI is InChI=1S/2C17H26.C16H26Si.C16H24.C10H14.5C10H20.5C4H10/c3*1-17(2,3)11-15-8-7-14-9-12-5-4-6-13(12)10-16(14)15;1-11(2)8-14-6-7-15-9-12-4-3-5-13(12)10-16(14)15;1-8-6-7-9-4-2-3-5-10(8)9;5*1-6-7(2)9(4)10(5)8(6)3;5*1-4(2)3/h3*9-10,14-16H,4-8,11H2,1-3H3;9-11,14-16H,3-8H2,1-2H3;2-5,8-10H,6-7H2,1H3;5*6-10H,1-5H3;5*4H,1-3H3. The predicted molar refractivity (Wildman–Crippen MR) is 670 cm³/mol. The van der Waals surface area contributed by atoms with Gasteiger partial charge in [0.25, 0.3) is 0 Å². The lowest BCUT2D eigenvalue weighted by Crippen LogP contribution is -2.26. The van der Waals surface area contributed by atoms with Gasteiger partial charge in [0.1, 0.15) is 0 Å². The second-order valence-electron chi connectivity index (χ2n) is 62.9. The number of rotatable bonds is 6. The Morgan fingerprint density at radius 3 is 0.592 bits per heavy atom. The second-order valence-corrected chi connectivity index (χ2v) is 68.4. The quantitative estimate of drug-likeness (QED) is 0.233. The Bertz CT molecular complexity index is 3390. The average Bonchev–Trinajstić information content (AvgIpc) is 1.64. The van der Waals surface area contributed by atoms with E-state index in [1.165, 1.54) is 161 Å².